The van der Waals surface area contributed by atoms with Gasteiger partial charge in [0.1, 0.15) is 0 Å². The van der Waals surface area contributed by atoms with Gasteiger partial charge in [-0.1, -0.05) is 58.9 Å². The third kappa shape index (κ3) is 3.71. The van der Waals surface area contributed by atoms with Gasteiger partial charge >= 0.3 is 0 Å². The minimum Gasteiger partial charge on any atom is -0.388 e. The normalized spacial score (nSPS) is 43.9. The maximum atomic E-state index is 10.4. The lowest BCUT2D eigenvalue weighted by Crippen LogP contribution is -2.51. The first-order chi connectivity index (χ1) is 14.6. The summed E-state index contributed by atoms with van der Waals surface area (Å²) in [5.74, 6) is 4.93. The molecule has 31 heavy (non-hydrogen) atoms. The van der Waals surface area contributed by atoms with Crippen LogP contribution in [0.2, 0.25) is 0 Å². The molecule has 0 aromatic carbocycles. The fraction of sp³-hybridized carbons (Fsp3) is 0.800. The highest BCUT2D eigenvalue weighted by molar-refractivity contribution is 5.42. The Morgan fingerprint density at radius 2 is 1.87 bits per heavy atom. The third-order valence-corrected chi connectivity index (χ3v) is 10.9. The zero-order valence-electron chi connectivity index (χ0n) is 21.2. The van der Waals surface area contributed by atoms with Crippen molar-refractivity contribution in [1.29, 1.82) is 0 Å². The second kappa shape index (κ2) is 8.51. The lowest BCUT2D eigenvalue weighted by Gasteiger charge is -2.58. The van der Waals surface area contributed by atoms with Crippen LogP contribution in [0, 0.1) is 46.3 Å². The quantitative estimate of drug-likeness (QED) is 0.442. The summed E-state index contributed by atoms with van der Waals surface area (Å²) in [7, 11) is 0. The molecule has 0 aromatic rings. The van der Waals surface area contributed by atoms with Crippen molar-refractivity contribution in [2.45, 2.75) is 105 Å². The van der Waals surface area contributed by atoms with Gasteiger partial charge in [-0.2, -0.15) is 0 Å². The summed E-state index contributed by atoms with van der Waals surface area (Å²) in [4.78, 5) is 0. The fourth-order valence-electron chi connectivity index (χ4n) is 9.04. The van der Waals surface area contributed by atoms with Crippen LogP contribution in [0.3, 0.4) is 0 Å². The average molecular weight is 425 g/mol. The molecule has 3 fully saturated rings. The second-order valence-corrected chi connectivity index (χ2v) is 12.5. The van der Waals surface area contributed by atoms with Crippen molar-refractivity contribution >= 4 is 0 Å². The van der Waals surface area contributed by atoms with E-state index in [1.165, 1.54) is 50.5 Å². The minimum absolute atomic E-state index is 0.252. The molecule has 0 bridgehead atoms. The predicted molar refractivity (Wildman–Crippen MR) is 133 cm³/mol. The van der Waals surface area contributed by atoms with E-state index in [-0.39, 0.29) is 11.5 Å². The molecule has 0 radical (unpaired) electrons. The maximum Gasteiger partial charge on any atom is 0.0787 e. The maximum absolute atomic E-state index is 10.4. The highest BCUT2D eigenvalue weighted by Gasteiger charge is 2.59. The Labute approximate surface area is 192 Å². The smallest absolute Gasteiger partial charge is 0.0787 e. The van der Waals surface area contributed by atoms with Crippen LogP contribution in [0.5, 0.6) is 0 Å². The minimum atomic E-state index is -0.311. The van der Waals surface area contributed by atoms with E-state index in [1.54, 1.807) is 5.57 Å². The molecular formula is C30H48O. The van der Waals surface area contributed by atoms with Gasteiger partial charge in [0, 0.05) is 0 Å². The molecule has 4 aliphatic carbocycles. The van der Waals surface area contributed by atoms with Crippen molar-refractivity contribution in [3.63, 3.8) is 0 Å². The average Bonchev–Trinajstić information content (AvgIpc) is 3.08. The molecule has 0 heterocycles. The molecule has 174 valence electrons. The fourth-order valence-corrected chi connectivity index (χ4v) is 9.04. The van der Waals surface area contributed by atoms with E-state index >= 15 is 0 Å². The predicted octanol–water partition coefficient (Wildman–Crippen LogP) is 8.11. The molecule has 0 spiro atoms. The van der Waals surface area contributed by atoms with Crippen LogP contribution < -0.4 is 0 Å². The zero-order valence-corrected chi connectivity index (χ0v) is 21.2. The summed E-state index contributed by atoms with van der Waals surface area (Å²) in [6.45, 7) is 19.0. The number of rotatable bonds is 5. The molecule has 0 aromatic heterocycles. The van der Waals surface area contributed by atoms with Crippen molar-refractivity contribution < 1.29 is 5.11 Å². The van der Waals surface area contributed by atoms with E-state index in [0.717, 1.165) is 48.0 Å². The largest absolute Gasteiger partial charge is 0.388 e. The van der Waals surface area contributed by atoms with E-state index in [4.69, 9.17) is 0 Å². The molecule has 0 saturated heterocycles. The van der Waals surface area contributed by atoms with Crippen LogP contribution in [-0.2, 0) is 0 Å². The first-order valence-corrected chi connectivity index (χ1v) is 13.4. The van der Waals surface area contributed by atoms with E-state index in [1.807, 2.05) is 0 Å². The Morgan fingerprint density at radius 3 is 2.55 bits per heavy atom. The Kier molecular flexibility index (Phi) is 6.41. The van der Waals surface area contributed by atoms with E-state index in [0.29, 0.717) is 11.3 Å². The lowest BCUT2D eigenvalue weighted by molar-refractivity contribution is -0.0514. The topological polar surface area (TPSA) is 20.2 Å². The Balaban J connectivity index is 1.51. The molecule has 0 unspecified atom stereocenters. The van der Waals surface area contributed by atoms with Crippen molar-refractivity contribution in [3.05, 3.63) is 35.5 Å². The molecule has 1 heteroatoms. The van der Waals surface area contributed by atoms with E-state index in [9.17, 15) is 5.11 Å². The second-order valence-electron chi connectivity index (χ2n) is 12.5. The molecule has 0 amide bonds. The number of allylic oxidation sites excluding steroid dienone is 3. The monoisotopic (exact) mass is 424 g/mol. The van der Waals surface area contributed by atoms with Crippen LogP contribution >= 0.6 is 0 Å². The van der Waals surface area contributed by atoms with Gasteiger partial charge in [-0.15, -0.1) is 0 Å². The SMILES string of the molecule is C=C1C2=CC[C@H]3[C@@H]4CC[C@H]([C@H](C)CC/C(=C/C)C(C)C)[C@@]4(C)CC[C@@H]3[C@@]2(C)CC[C@@H]1O. The zero-order chi connectivity index (χ0) is 22.6. The lowest BCUT2D eigenvalue weighted by atomic mass is 9.46. The van der Waals surface area contributed by atoms with Gasteiger partial charge in [0.15, 0.2) is 0 Å². The van der Waals surface area contributed by atoms with Crippen LogP contribution in [0.1, 0.15) is 99.3 Å². The molecule has 1 nitrogen and oxygen atoms in total. The van der Waals surface area contributed by atoms with Gasteiger partial charge in [-0.05, 0) is 122 Å². The molecule has 1 N–H and O–H groups in total. The van der Waals surface area contributed by atoms with Crippen LogP contribution in [0.4, 0.5) is 0 Å². The van der Waals surface area contributed by atoms with Gasteiger partial charge in [0.05, 0.1) is 6.10 Å². The van der Waals surface area contributed by atoms with Gasteiger partial charge in [0.25, 0.3) is 0 Å². The number of fused-ring (bicyclic) bond motifs is 5. The Hall–Kier alpha value is -0.820. The number of aliphatic hydroxyl groups is 1. The molecule has 3 saturated carbocycles. The first-order valence-electron chi connectivity index (χ1n) is 13.4. The van der Waals surface area contributed by atoms with Gasteiger partial charge in [-0.25, -0.2) is 0 Å². The van der Waals surface area contributed by atoms with E-state index < -0.39 is 0 Å². The third-order valence-electron chi connectivity index (χ3n) is 10.9. The summed E-state index contributed by atoms with van der Waals surface area (Å²) in [5.41, 5.74) is 4.88. The van der Waals surface area contributed by atoms with Crippen LogP contribution in [0.25, 0.3) is 0 Å². The number of aliphatic hydroxyl groups excluding tert-OH is 1. The van der Waals surface area contributed by atoms with Gasteiger partial charge < -0.3 is 5.11 Å². The van der Waals surface area contributed by atoms with Gasteiger partial charge in [0.2, 0.25) is 0 Å². The number of hydrogen-bond donors (Lipinski definition) is 1. The van der Waals surface area contributed by atoms with Crippen molar-refractivity contribution in [2.75, 3.05) is 0 Å². The molecule has 0 aliphatic heterocycles. The molecular weight excluding hydrogens is 376 g/mol. The van der Waals surface area contributed by atoms with Crippen molar-refractivity contribution in [1.82, 2.24) is 0 Å². The molecule has 4 aliphatic rings. The van der Waals surface area contributed by atoms with E-state index in [2.05, 4.69) is 60.3 Å². The van der Waals surface area contributed by atoms with Crippen molar-refractivity contribution in [2.24, 2.45) is 46.3 Å². The number of hydrogen-bond acceptors (Lipinski definition) is 1. The summed E-state index contributed by atoms with van der Waals surface area (Å²) >= 11 is 0. The standard InChI is InChI=1S/C30H48O/c1-8-22(19(2)3)10-9-20(4)24-13-14-26-23-11-12-25-21(5)28(31)16-18-30(25,7)27(23)15-17-29(24,26)6/h8,12,19-20,23-24,26-28,31H,5,9-11,13-18H2,1-4,6-7H3/b22-8-/t20-,23+,24-,26+,27+,28+,29-,30+/m1/s1. The highest BCUT2D eigenvalue weighted by Crippen LogP contribution is 2.67. The summed E-state index contributed by atoms with van der Waals surface area (Å²) < 4.78 is 0. The summed E-state index contributed by atoms with van der Waals surface area (Å²) in [6, 6.07) is 0. The summed E-state index contributed by atoms with van der Waals surface area (Å²) in [5, 5.41) is 10.4. The highest BCUT2D eigenvalue weighted by atomic mass is 16.3. The van der Waals surface area contributed by atoms with Crippen LogP contribution in [0.15, 0.2) is 35.5 Å². The summed E-state index contributed by atoms with van der Waals surface area (Å²) in [6.07, 6.45) is 16.1. The Morgan fingerprint density at radius 1 is 1.13 bits per heavy atom. The Bertz CT molecular complexity index is 756. The first kappa shape index (κ1) is 23.3. The van der Waals surface area contributed by atoms with Crippen molar-refractivity contribution in [3.8, 4) is 0 Å². The molecule has 8 atom stereocenters. The van der Waals surface area contributed by atoms with Crippen LogP contribution in [-0.4, -0.2) is 11.2 Å². The molecule has 4 rings (SSSR count). The van der Waals surface area contributed by atoms with Gasteiger partial charge in [-0.3, -0.25) is 0 Å².